The number of primary amides is 1. The quantitative estimate of drug-likeness (QED) is 0.283. The van der Waals surface area contributed by atoms with Gasteiger partial charge >= 0.3 is 0 Å². The molecule has 0 saturated heterocycles. The Morgan fingerprint density at radius 1 is 1.26 bits per heavy atom. The maximum Gasteiger partial charge on any atom is 0.255 e. The lowest BCUT2D eigenvalue weighted by atomic mass is 9.57. The number of nitrogens with zero attached hydrogens (tertiary/aromatic N) is 1. The van der Waals surface area contributed by atoms with Gasteiger partial charge in [0.05, 0.1) is 18.2 Å². The zero-order valence-corrected chi connectivity index (χ0v) is 18.9. The molecule has 6 N–H and O–H groups in total. The lowest BCUT2D eigenvalue weighted by molar-refractivity contribution is -0.153. The van der Waals surface area contributed by atoms with Gasteiger partial charge < -0.3 is 30.9 Å². The van der Waals surface area contributed by atoms with Crippen molar-refractivity contribution in [3.05, 3.63) is 46.2 Å². The number of ketones is 2. The summed E-state index contributed by atoms with van der Waals surface area (Å²) in [6.07, 6.45) is 0.811. The molecule has 10 nitrogen and oxygen atoms in total. The number of hydrogen-bond acceptors (Lipinski definition) is 9. The minimum atomic E-state index is -2.60. The monoisotopic (exact) mass is 472 g/mol. The first kappa shape index (κ1) is 23.9. The van der Waals surface area contributed by atoms with Crippen LogP contribution in [0.1, 0.15) is 24.0 Å². The molecule has 1 saturated carbocycles. The number of carbonyl (C=O) groups excluding carboxylic acids is 3. The lowest BCUT2D eigenvalue weighted by Gasteiger charge is -2.50. The number of carbonyl (C=O) groups is 3. The van der Waals surface area contributed by atoms with Crippen LogP contribution < -0.4 is 10.5 Å². The van der Waals surface area contributed by atoms with Gasteiger partial charge in [-0.3, -0.25) is 19.3 Å². The predicted molar refractivity (Wildman–Crippen MR) is 120 cm³/mol. The van der Waals surface area contributed by atoms with Crippen LogP contribution in [0.4, 0.5) is 0 Å². The Hall–Kier alpha value is -3.21. The highest BCUT2D eigenvalue weighted by Gasteiger charge is 2.64. The van der Waals surface area contributed by atoms with E-state index in [2.05, 4.69) is 0 Å². The van der Waals surface area contributed by atoms with Gasteiger partial charge in [-0.25, -0.2) is 0 Å². The number of fused-ring (bicyclic) bond motifs is 3. The fraction of sp³-hybridized carbons (Fsp3) is 0.458. The smallest absolute Gasteiger partial charge is 0.255 e. The number of hydrogen-bond donors (Lipinski definition) is 5. The fourth-order valence-electron chi connectivity index (χ4n) is 5.53. The minimum Gasteiger partial charge on any atom is -0.508 e. The van der Waals surface area contributed by atoms with Crippen molar-refractivity contribution in [3.8, 4) is 5.75 Å². The van der Waals surface area contributed by atoms with Crippen LogP contribution in [-0.2, 0) is 20.8 Å². The second-order valence-electron chi connectivity index (χ2n) is 9.18. The van der Waals surface area contributed by atoms with Crippen molar-refractivity contribution >= 4 is 23.2 Å². The van der Waals surface area contributed by atoms with Crippen LogP contribution in [0.15, 0.2) is 35.1 Å². The van der Waals surface area contributed by atoms with E-state index in [-0.39, 0.29) is 31.0 Å². The summed E-state index contributed by atoms with van der Waals surface area (Å²) in [6, 6.07) is 4.10. The second-order valence-corrected chi connectivity index (χ2v) is 9.18. The first-order chi connectivity index (χ1) is 16.0. The Morgan fingerprint density at radius 2 is 1.97 bits per heavy atom. The van der Waals surface area contributed by atoms with Gasteiger partial charge in [0.1, 0.15) is 22.8 Å². The molecule has 0 bridgehead atoms. The summed E-state index contributed by atoms with van der Waals surface area (Å²) >= 11 is 0. The highest BCUT2D eigenvalue weighted by Crippen LogP contribution is 2.52. The van der Waals surface area contributed by atoms with Crippen LogP contribution in [0, 0.1) is 11.8 Å². The molecule has 1 aromatic rings. The number of Topliss-reactive ketones (excluding diaryl/α,β-unsaturated/α-hetero) is 2. The van der Waals surface area contributed by atoms with Crippen molar-refractivity contribution in [2.45, 2.75) is 30.9 Å². The van der Waals surface area contributed by atoms with Crippen LogP contribution in [0.3, 0.4) is 0 Å². The molecule has 0 aromatic heterocycles. The first-order valence-electron chi connectivity index (χ1n) is 11.1. The summed E-state index contributed by atoms with van der Waals surface area (Å²) < 4.78 is 5.70. The maximum absolute atomic E-state index is 13.7. The SMILES string of the molecule is CN(C)C1C(=O)C(C(N)=O)=C(O)C2(O)C(=O)C3=C(O)c4c(cccc4OCCCO)CC3CC12. The van der Waals surface area contributed by atoms with Crippen molar-refractivity contribution in [2.24, 2.45) is 17.6 Å². The lowest BCUT2D eigenvalue weighted by Crippen LogP contribution is -2.65. The average Bonchev–Trinajstić information content (AvgIpc) is 2.76. The van der Waals surface area contributed by atoms with Crippen LogP contribution in [0.5, 0.6) is 5.75 Å². The Morgan fingerprint density at radius 3 is 2.59 bits per heavy atom. The summed E-state index contributed by atoms with van der Waals surface area (Å²) in [5.41, 5.74) is 2.85. The van der Waals surface area contributed by atoms with Gasteiger partial charge in [0.25, 0.3) is 5.91 Å². The van der Waals surface area contributed by atoms with Gasteiger partial charge in [0, 0.05) is 24.5 Å². The van der Waals surface area contributed by atoms with Gasteiger partial charge in [-0.1, -0.05) is 12.1 Å². The van der Waals surface area contributed by atoms with E-state index in [0.717, 1.165) is 5.56 Å². The van der Waals surface area contributed by atoms with Gasteiger partial charge in [-0.2, -0.15) is 0 Å². The molecule has 1 aromatic carbocycles. The van der Waals surface area contributed by atoms with E-state index in [0.29, 0.717) is 24.2 Å². The zero-order chi connectivity index (χ0) is 24.9. The van der Waals surface area contributed by atoms with E-state index in [1.807, 2.05) is 0 Å². The van der Waals surface area contributed by atoms with Crippen molar-refractivity contribution in [2.75, 3.05) is 27.3 Å². The number of nitrogens with two attached hydrogens (primary N) is 1. The predicted octanol–water partition coefficient (Wildman–Crippen LogP) is 0.0196. The number of aliphatic hydroxyl groups excluding tert-OH is 3. The molecule has 182 valence electrons. The molecule has 10 heteroatoms. The number of ether oxygens (including phenoxy) is 1. The van der Waals surface area contributed by atoms with Crippen molar-refractivity contribution in [3.63, 3.8) is 0 Å². The number of aliphatic hydroxyl groups is 4. The molecule has 1 fully saturated rings. The highest BCUT2D eigenvalue weighted by atomic mass is 16.5. The molecule has 34 heavy (non-hydrogen) atoms. The molecule has 0 aliphatic heterocycles. The standard InChI is InChI=1S/C24H28N2O8/c1-26(2)18-13-10-12-9-11-5-3-6-14(34-8-4-7-27)15(11)19(28)16(12)21(30)24(13,33)22(31)17(20(18)29)23(25)32/h3,5-6,12-13,18,27-28,31,33H,4,7-10H2,1-2H3,(H2,25,32). The van der Waals surface area contributed by atoms with Crippen LogP contribution >= 0.6 is 0 Å². The molecular weight excluding hydrogens is 444 g/mol. The van der Waals surface area contributed by atoms with Crippen molar-refractivity contribution in [1.82, 2.24) is 4.90 Å². The largest absolute Gasteiger partial charge is 0.508 e. The van der Waals surface area contributed by atoms with Crippen molar-refractivity contribution in [1.29, 1.82) is 0 Å². The zero-order valence-electron chi connectivity index (χ0n) is 18.9. The van der Waals surface area contributed by atoms with Crippen LogP contribution in [0.2, 0.25) is 0 Å². The third kappa shape index (κ3) is 3.32. The molecule has 3 aliphatic carbocycles. The van der Waals surface area contributed by atoms with E-state index in [1.54, 1.807) is 32.3 Å². The van der Waals surface area contributed by atoms with Crippen LogP contribution in [-0.4, -0.2) is 81.8 Å². The van der Waals surface area contributed by atoms with Crippen LogP contribution in [0.25, 0.3) is 5.76 Å². The Labute approximate surface area is 195 Å². The average molecular weight is 472 g/mol. The van der Waals surface area contributed by atoms with Gasteiger partial charge in [-0.15, -0.1) is 0 Å². The summed E-state index contributed by atoms with van der Waals surface area (Å²) in [5, 5.41) is 42.6. The molecule has 3 aliphatic rings. The summed E-state index contributed by atoms with van der Waals surface area (Å²) in [6.45, 7) is 0.119. The topological polar surface area (TPSA) is 171 Å². The van der Waals surface area contributed by atoms with Gasteiger partial charge in [-0.05, 0) is 44.5 Å². The van der Waals surface area contributed by atoms with E-state index < -0.39 is 52.3 Å². The van der Waals surface area contributed by atoms with E-state index in [1.165, 1.54) is 4.90 Å². The summed E-state index contributed by atoms with van der Waals surface area (Å²) in [7, 11) is 3.15. The molecule has 0 heterocycles. The minimum absolute atomic E-state index is 0.0728. The summed E-state index contributed by atoms with van der Waals surface area (Å²) in [4.78, 5) is 40.3. The molecule has 4 atom stereocenters. The third-order valence-electron chi connectivity index (χ3n) is 7.00. The summed E-state index contributed by atoms with van der Waals surface area (Å²) in [5.74, 6) is -5.71. The molecule has 4 unspecified atom stereocenters. The molecule has 0 radical (unpaired) electrons. The molecule has 1 amide bonds. The molecule has 0 spiro atoms. The maximum atomic E-state index is 13.7. The Bertz CT molecular complexity index is 1140. The Kier molecular flexibility index (Phi) is 6.01. The second kappa shape index (κ2) is 8.53. The number of benzene rings is 1. The molecular formula is C24H28N2O8. The first-order valence-corrected chi connectivity index (χ1v) is 11.1. The van der Waals surface area contributed by atoms with Gasteiger partial charge in [0.15, 0.2) is 11.4 Å². The third-order valence-corrected chi connectivity index (χ3v) is 7.00. The van der Waals surface area contributed by atoms with E-state index in [4.69, 9.17) is 15.6 Å². The van der Waals surface area contributed by atoms with Crippen molar-refractivity contribution < 1.29 is 39.5 Å². The van der Waals surface area contributed by atoms with E-state index in [9.17, 15) is 29.7 Å². The molecule has 4 rings (SSSR count). The fourth-order valence-corrected chi connectivity index (χ4v) is 5.53. The normalized spacial score (nSPS) is 28.6. The highest BCUT2D eigenvalue weighted by molar-refractivity contribution is 6.24. The number of rotatable bonds is 6. The number of likely N-dealkylation sites (N-methyl/N-ethyl adjacent to an activating group) is 1. The Balaban J connectivity index is 1.89. The van der Waals surface area contributed by atoms with Gasteiger partial charge in [0.2, 0.25) is 5.78 Å². The number of amides is 1. The van der Waals surface area contributed by atoms with E-state index >= 15 is 0 Å².